The van der Waals surface area contributed by atoms with Crippen LogP contribution in [0.2, 0.25) is 0 Å². The van der Waals surface area contributed by atoms with Crippen LogP contribution in [0, 0.1) is 13.8 Å². The van der Waals surface area contributed by atoms with E-state index in [4.69, 9.17) is 4.74 Å². The second-order valence-corrected chi connectivity index (χ2v) is 6.17. The average Bonchev–Trinajstić information content (AvgIpc) is 3.02. The minimum Gasteiger partial charge on any atom is -0.496 e. The molecule has 0 saturated carbocycles. The summed E-state index contributed by atoms with van der Waals surface area (Å²) in [5.41, 5.74) is 5.88. The number of methoxy groups -OCH3 is 1. The summed E-state index contributed by atoms with van der Waals surface area (Å²) in [5, 5.41) is 7.68. The molecule has 130 valence electrons. The molecule has 0 spiro atoms. The molecule has 1 aromatic carbocycles. The summed E-state index contributed by atoms with van der Waals surface area (Å²) in [5.74, 6) is 1.32. The number of hydrogen-bond acceptors (Lipinski definition) is 5. The lowest BCUT2D eigenvalue weighted by Crippen LogP contribution is -1.95. The van der Waals surface area contributed by atoms with Gasteiger partial charge in [0, 0.05) is 35.4 Å². The van der Waals surface area contributed by atoms with Crippen molar-refractivity contribution in [1.82, 2.24) is 19.6 Å². The molecule has 0 unspecified atom stereocenters. The van der Waals surface area contributed by atoms with Gasteiger partial charge in [-0.15, -0.1) is 5.10 Å². The summed E-state index contributed by atoms with van der Waals surface area (Å²) in [4.78, 5) is 8.76. The number of aryl methyl sites for hydroxylation is 2. The maximum absolute atomic E-state index is 5.59. The van der Waals surface area contributed by atoms with E-state index in [1.165, 1.54) is 0 Å². The Labute approximate surface area is 151 Å². The molecular formula is C20H19N5O. The van der Waals surface area contributed by atoms with Gasteiger partial charge in [-0.05, 0) is 61.4 Å². The van der Waals surface area contributed by atoms with Gasteiger partial charge in [-0.25, -0.2) is 4.52 Å². The van der Waals surface area contributed by atoms with E-state index in [0.717, 1.165) is 39.5 Å². The average molecular weight is 345 g/mol. The van der Waals surface area contributed by atoms with Gasteiger partial charge in [-0.2, -0.15) is 4.98 Å². The maximum atomic E-state index is 5.59. The zero-order valence-electron chi connectivity index (χ0n) is 14.9. The number of aromatic nitrogens is 4. The minimum absolute atomic E-state index is 0.546. The molecule has 0 aliphatic rings. The van der Waals surface area contributed by atoms with Crippen molar-refractivity contribution in [1.29, 1.82) is 0 Å². The van der Waals surface area contributed by atoms with Crippen LogP contribution in [0.25, 0.3) is 16.8 Å². The predicted molar refractivity (Wildman–Crippen MR) is 102 cm³/mol. The number of ether oxygens (including phenoxy) is 1. The summed E-state index contributed by atoms with van der Waals surface area (Å²) in [6, 6.07) is 14.0. The van der Waals surface area contributed by atoms with Crippen LogP contribution >= 0.6 is 0 Å². The van der Waals surface area contributed by atoms with Crippen LogP contribution in [0.1, 0.15) is 11.3 Å². The molecule has 0 amide bonds. The molecule has 6 heteroatoms. The molecule has 0 radical (unpaired) electrons. The third kappa shape index (κ3) is 3.09. The SMILES string of the molecule is COc1cc(Nc2nc3cc(C)ccn3n2)ccc1-c1ccnc(C)c1. The van der Waals surface area contributed by atoms with Gasteiger partial charge >= 0.3 is 0 Å². The number of benzene rings is 1. The Hall–Kier alpha value is -3.41. The van der Waals surface area contributed by atoms with Gasteiger partial charge < -0.3 is 10.1 Å². The topological polar surface area (TPSA) is 64.3 Å². The monoisotopic (exact) mass is 345 g/mol. The Kier molecular flexibility index (Phi) is 4.01. The van der Waals surface area contributed by atoms with E-state index in [0.29, 0.717) is 5.95 Å². The van der Waals surface area contributed by atoms with Crippen molar-refractivity contribution in [2.45, 2.75) is 13.8 Å². The smallest absolute Gasteiger partial charge is 0.247 e. The number of rotatable bonds is 4. The number of nitrogens with one attached hydrogen (secondary N) is 1. The van der Waals surface area contributed by atoms with Crippen molar-refractivity contribution >= 4 is 17.3 Å². The molecule has 0 saturated heterocycles. The molecule has 0 atom stereocenters. The second kappa shape index (κ2) is 6.48. The highest BCUT2D eigenvalue weighted by Gasteiger charge is 2.10. The molecule has 0 fully saturated rings. The molecule has 3 heterocycles. The molecule has 0 aliphatic heterocycles. The van der Waals surface area contributed by atoms with Crippen molar-refractivity contribution in [3.05, 3.63) is 66.1 Å². The molecule has 26 heavy (non-hydrogen) atoms. The largest absolute Gasteiger partial charge is 0.496 e. The van der Waals surface area contributed by atoms with Gasteiger partial charge in [0.25, 0.3) is 0 Å². The van der Waals surface area contributed by atoms with Crippen molar-refractivity contribution in [3.63, 3.8) is 0 Å². The van der Waals surface area contributed by atoms with E-state index in [1.807, 2.05) is 62.5 Å². The van der Waals surface area contributed by atoms with Gasteiger partial charge in [0.2, 0.25) is 5.95 Å². The lowest BCUT2D eigenvalue weighted by Gasteiger charge is -2.11. The first-order valence-corrected chi connectivity index (χ1v) is 8.33. The van der Waals surface area contributed by atoms with Crippen molar-refractivity contribution < 1.29 is 4.74 Å². The molecule has 6 nitrogen and oxygen atoms in total. The first-order chi connectivity index (χ1) is 12.6. The quantitative estimate of drug-likeness (QED) is 0.602. The molecule has 0 aliphatic carbocycles. The van der Waals surface area contributed by atoms with Gasteiger partial charge in [0.1, 0.15) is 5.75 Å². The van der Waals surface area contributed by atoms with Crippen molar-refractivity contribution in [3.8, 4) is 16.9 Å². The van der Waals surface area contributed by atoms with Gasteiger partial charge in [-0.1, -0.05) is 0 Å². The van der Waals surface area contributed by atoms with E-state index in [9.17, 15) is 0 Å². The number of hydrogen-bond donors (Lipinski definition) is 1. The van der Waals surface area contributed by atoms with Gasteiger partial charge in [0.05, 0.1) is 7.11 Å². The number of nitrogens with zero attached hydrogens (tertiary/aromatic N) is 4. The summed E-state index contributed by atoms with van der Waals surface area (Å²) in [6.07, 6.45) is 3.71. The van der Waals surface area contributed by atoms with Crippen LogP contribution in [-0.2, 0) is 0 Å². The minimum atomic E-state index is 0.546. The fraction of sp³-hybridized carbons (Fsp3) is 0.150. The van der Waals surface area contributed by atoms with Gasteiger partial charge in [0.15, 0.2) is 5.65 Å². The molecule has 3 aromatic heterocycles. The van der Waals surface area contributed by atoms with Crippen LogP contribution in [-0.4, -0.2) is 26.7 Å². The Morgan fingerprint density at radius 2 is 1.92 bits per heavy atom. The van der Waals surface area contributed by atoms with Gasteiger partial charge in [-0.3, -0.25) is 4.98 Å². The van der Waals surface area contributed by atoms with E-state index >= 15 is 0 Å². The third-order valence-corrected chi connectivity index (χ3v) is 4.16. The molecule has 4 aromatic rings. The van der Waals surface area contributed by atoms with Crippen LogP contribution < -0.4 is 10.1 Å². The van der Waals surface area contributed by atoms with E-state index < -0.39 is 0 Å². The zero-order valence-corrected chi connectivity index (χ0v) is 14.9. The summed E-state index contributed by atoms with van der Waals surface area (Å²) in [7, 11) is 1.67. The summed E-state index contributed by atoms with van der Waals surface area (Å²) >= 11 is 0. The fourth-order valence-electron chi connectivity index (χ4n) is 2.89. The van der Waals surface area contributed by atoms with Crippen molar-refractivity contribution in [2.75, 3.05) is 12.4 Å². The van der Waals surface area contributed by atoms with Crippen LogP contribution in [0.15, 0.2) is 54.9 Å². The molecule has 1 N–H and O–H groups in total. The Morgan fingerprint density at radius 3 is 2.73 bits per heavy atom. The van der Waals surface area contributed by atoms with E-state index in [-0.39, 0.29) is 0 Å². The zero-order chi connectivity index (χ0) is 18.1. The lowest BCUT2D eigenvalue weighted by atomic mass is 10.0. The van der Waals surface area contributed by atoms with E-state index in [1.54, 1.807) is 17.8 Å². The number of fused-ring (bicyclic) bond motifs is 1. The summed E-state index contributed by atoms with van der Waals surface area (Å²) in [6.45, 7) is 4.01. The van der Waals surface area contributed by atoms with Crippen LogP contribution in [0.3, 0.4) is 0 Å². The van der Waals surface area contributed by atoms with E-state index in [2.05, 4.69) is 20.4 Å². The highest BCUT2D eigenvalue weighted by Crippen LogP contribution is 2.33. The Morgan fingerprint density at radius 1 is 1.04 bits per heavy atom. The highest BCUT2D eigenvalue weighted by atomic mass is 16.5. The summed E-state index contributed by atoms with van der Waals surface area (Å²) < 4.78 is 7.34. The lowest BCUT2D eigenvalue weighted by molar-refractivity contribution is 0.416. The first kappa shape index (κ1) is 16.1. The molecular weight excluding hydrogens is 326 g/mol. The Bertz CT molecular complexity index is 1090. The standard InChI is InChI=1S/C20H19N5O/c1-13-7-9-25-19(10-13)23-20(24-25)22-16-4-5-17(18(12-16)26-3)15-6-8-21-14(2)11-15/h4-12H,1-3H3,(H,22,24). The van der Waals surface area contributed by atoms with Crippen LogP contribution in [0.4, 0.5) is 11.6 Å². The Balaban J connectivity index is 1.66. The highest BCUT2D eigenvalue weighted by molar-refractivity contribution is 5.74. The second-order valence-electron chi connectivity index (χ2n) is 6.17. The fourth-order valence-corrected chi connectivity index (χ4v) is 2.89. The predicted octanol–water partition coefficient (Wildman–Crippen LogP) is 4.16. The molecule has 0 bridgehead atoms. The maximum Gasteiger partial charge on any atom is 0.247 e. The third-order valence-electron chi connectivity index (χ3n) is 4.16. The van der Waals surface area contributed by atoms with Crippen molar-refractivity contribution in [2.24, 2.45) is 0 Å². The normalized spacial score (nSPS) is 10.9. The first-order valence-electron chi connectivity index (χ1n) is 8.33. The molecule has 4 rings (SSSR count). The number of anilines is 2. The van der Waals surface area contributed by atoms with Crippen LogP contribution in [0.5, 0.6) is 5.75 Å². The number of pyridine rings is 2.